The van der Waals surface area contributed by atoms with Crippen LogP contribution in [0.5, 0.6) is 5.75 Å². The topological polar surface area (TPSA) is 62.7 Å². The fraction of sp³-hybridized carbons (Fsp3) is 0.280. The zero-order chi connectivity index (χ0) is 21.0. The number of benzene rings is 2. The number of ether oxygens (including phenoxy) is 1. The van der Waals surface area contributed by atoms with Crippen LogP contribution in [0.2, 0.25) is 0 Å². The van der Waals surface area contributed by atoms with Crippen LogP contribution in [0.15, 0.2) is 73.1 Å². The van der Waals surface area contributed by atoms with Gasteiger partial charge in [0.05, 0.1) is 11.3 Å². The molecule has 1 aliphatic rings. The van der Waals surface area contributed by atoms with Crippen molar-refractivity contribution in [2.24, 2.45) is 0 Å². The van der Waals surface area contributed by atoms with Gasteiger partial charge in [0.25, 0.3) is 5.91 Å². The Kier molecular flexibility index (Phi) is 5.81. The summed E-state index contributed by atoms with van der Waals surface area (Å²) in [6.07, 6.45) is 6.12. The van der Waals surface area contributed by atoms with Crippen LogP contribution >= 0.6 is 0 Å². The Morgan fingerprint density at radius 1 is 1.00 bits per heavy atom. The number of nitrogens with zero attached hydrogens (tertiary/aromatic N) is 2. The largest absolute Gasteiger partial charge is 0.488 e. The number of rotatable bonds is 8. The normalized spacial score (nSPS) is 17.8. The van der Waals surface area contributed by atoms with Gasteiger partial charge in [-0.1, -0.05) is 68.3 Å². The van der Waals surface area contributed by atoms with E-state index in [1.54, 1.807) is 23.2 Å². The van der Waals surface area contributed by atoms with E-state index >= 15 is 0 Å². The van der Waals surface area contributed by atoms with E-state index in [1.165, 1.54) is 6.20 Å². The van der Waals surface area contributed by atoms with Gasteiger partial charge in [0.15, 0.2) is 0 Å². The predicted octanol–water partition coefficient (Wildman–Crippen LogP) is 4.43. The molecule has 4 rings (SSSR count). The first-order valence-corrected chi connectivity index (χ1v) is 10.4. The first-order valence-electron chi connectivity index (χ1n) is 10.4. The highest BCUT2D eigenvalue weighted by molar-refractivity contribution is 6.09. The highest BCUT2D eigenvalue weighted by Gasteiger charge is 2.52. The Hall–Kier alpha value is -3.18. The van der Waals surface area contributed by atoms with Crippen molar-refractivity contribution < 1.29 is 14.6 Å². The number of hydrogen-bond acceptors (Lipinski definition) is 4. The molecule has 1 atom stereocenters. The summed E-state index contributed by atoms with van der Waals surface area (Å²) in [5.74, 6) is 0.104. The smallest absolute Gasteiger partial charge is 0.268 e. The van der Waals surface area contributed by atoms with Crippen molar-refractivity contribution in [1.82, 2.24) is 4.98 Å². The van der Waals surface area contributed by atoms with Crippen LogP contribution in [0.4, 0.5) is 5.69 Å². The first-order chi connectivity index (χ1) is 14.7. The molecule has 1 aromatic heterocycles. The number of hydrogen-bond donors (Lipinski definition) is 1. The predicted molar refractivity (Wildman–Crippen MR) is 116 cm³/mol. The maximum atomic E-state index is 13.5. The van der Waals surface area contributed by atoms with Crippen molar-refractivity contribution in [3.05, 3.63) is 89.7 Å². The molecule has 1 amide bonds. The molecule has 5 heteroatoms. The molecule has 1 unspecified atom stereocenters. The van der Waals surface area contributed by atoms with E-state index in [0.717, 1.165) is 30.5 Å². The molecule has 154 valence electrons. The molecule has 0 aliphatic carbocycles. The van der Waals surface area contributed by atoms with Crippen molar-refractivity contribution >= 4 is 11.6 Å². The van der Waals surface area contributed by atoms with Crippen molar-refractivity contribution in [1.29, 1.82) is 0 Å². The standard InChI is InChI=1S/C25H26N2O3/c1-2-3-9-16-27-22-13-8-7-12-20(22)25(29,24(27)28)21-17-26-15-14-23(21)30-18-19-10-5-4-6-11-19/h4-8,10-15,17,29H,2-3,9,16,18H2,1H3. The van der Waals surface area contributed by atoms with Gasteiger partial charge in [-0.05, 0) is 24.1 Å². The average Bonchev–Trinajstić information content (AvgIpc) is 3.01. The summed E-state index contributed by atoms with van der Waals surface area (Å²) in [6.45, 7) is 3.04. The Balaban J connectivity index is 1.70. The molecule has 1 aliphatic heterocycles. The van der Waals surface area contributed by atoms with Gasteiger partial charge in [0.1, 0.15) is 12.4 Å². The van der Waals surface area contributed by atoms with Crippen LogP contribution in [-0.4, -0.2) is 22.5 Å². The van der Waals surface area contributed by atoms with Crippen LogP contribution < -0.4 is 9.64 Å². The lowest BCUT2D eigenvalue weighted by molar-refractivity contribution is -0.132. The molecule has 1 N–H and O–H groups in total. The third-order valence-electron chi connectivity index (χ3n) is 5.53. The Bertz CT molecular complexity index is 1020. The number of anilines is 1. The van der Waals surface area contributed by atoms with E-state index in [9.17, 15) is 9.90 Å². The van der Waals surface area contributed by atoms with Gasteiger partial charge in [-0.3, -0.25) is 9.78 Å². The number of carbonyl (C=O) groups excluding carboxylic acids is 1. The summed E-state index contributed by atoms with van der Waals surface area (Å²) in [6, 6.07) is 18.9. The second-order valence-electron chi connectivity index (χ2n) is 7.54. The molecule has 5 nitrogen and oxygen atoms in total. The van der Waals surface area contributed by atoms with E-state index < -0.39 is 5.60 Å². The lowest BCUT2D eigenvalue weighted by Gasteiger charge is -2.25. The van der Waals surface area contributed by atoms with Gasteiger partial charge in [-0.2, -0.15) is 0 Å². The highest BCUT2D eigenvalue weighted by Crippen LogP contribution is 2.46. The molecular weight excluding hydrogens is 376 g/mol. The van der Waals surface area contributed by atoms with Gasteiger partial charge in [0, 0.05) is 24.5 Å². The number of amides is 1. The van der Waals surface area contributed by atoms with E-state index in [-0.39, 0.29) is 5.91 Å². The second kappa shape index (κ2) is 8.67. The summed E-state index contributed by atoms with van der Waals surface area (Å²) in [4.78, 5) is 19.4. The molecule has 0 saturated carbocycles. The van der Waals surface area contributed by atoms with Crippen molar-refractivity contribution in [2.75, 3.05) is 11.4 Å². The maximum Gasteiger partial charge on any atom is 0.268 e. The van der Waals surface area contributed by atoms with Gasteiger partial charge < -0.3 is 14.7 Å². The number of unbranched alkanes of at least 4 members (excludes halogenated alkanes) is 2. The minimum Gasteiger partial charge on any atom is -0.488 e. The monoisotopic (exact) mass is 402 g/mol. The molecule has 0 radical (unpaired) electrons. The fourth-order valence-electron chi connectivity index (χ4n) is 3.95. The number of pyridine rings is 1. The molecular formula is C25H26N2O3. The van der Waals surface area contributed by atoms with Gasteiger partial charge in [-0.15, -0.1) is 0 Å². The second-order valence-corrected chi connectivity index (χ2v) is 7.54. The number of aromatic nitrogens is 1. The molecule has 0 saturated heterocycles. The average molecular weight is 402 g/mol. The van der Waals surface area contributed by atoms with Crippen molar-refractivity contribution in [2.45, 2.75) is 38.4 Å². The zero-order valence-corrected chi connectivity index (χ0v) is 17.1. The number of aliphatic hydroxyl groups is 1. The SMILES string of the molecule is CCCCCN1C(=O)C(O)(c2cnccc2OCc2ccccc2)c2ccccc21. The minimum atomic E-state index is -1.82. The molecule has 2 aromatic carbocycles. The summed E-state index contributed by atoms with van der Waals surface area (Å²) in [5.41, 5.74) is 0.884. The summed E-state index contributed by atoms with van der Waals surface area (Å²) < 4.78 is 6.03. The van der Waals surface area contributed by atoms with Crippen LogP contribution in [0, 0.1) is 0 Å². The van der Waals surface area contributed by atoms with Crippen LogP contribution in [0.1, 0.15) is 42.9 Å². The molecule has 0 spiro atoms. The highest BCUT2D eigenvalue weighted by atomic mass is 16.5. The van der Waals surface area contributed by atoms with Crippen LogP contribution in [-0.2, 0) is 17.0 Å². The summed E-state index contributed by atoms with van der Waals surface area (Å²) in [7, 11) is 0. The first kappa shape index (κ1) is 20.1. The van der Waals surface area contributed by atoms with Gasteiger partial charge >= 0.3 is 0 Å². The number of para-hydroxylation sites is 1. The molecule has 30 heavy (non-hydrogen) atoms. The molecule has 0 fully saturated rings. The molecule has 3 aromatic rings. The number of carbonyl (C=O) groups is 1. The third-order valence-corrected chi connectivity index (χ3v) is 5.53. The van der Waals surface area contributed by atoms with Crippen LogP contribution in [0.25, 0.3) is 0 Å². The van der Waals surface area contributed by atoms with Gasteiger partial charge in [0.2, 0.25) is 5.60 Å². The van der Waals surface area contributed by atoms with E-state index in [2.05, 4.69) is 11.9 Å². The fourth-order valence-corrected chi connectivity index (χ4v) is 3.95. The number of fused-ring (bicyclic) bond motifs is 1. The quantitative estimate of drug-likeness (QED) is 0.566. The van der Waals surface area contributed by atoms with E-state index in [1.807, 2.05) is 48.5 Å². The molecule has 0 bridgehead atoms. The Morgan fingerprint density at radius 3 is 2.57 bits per heavy atom. The summed E-state index contributed by atoms with van der Waals surface area (Å²) >= 11 is 0. The van der Waals surface area contributed by atoms with E-state index in [0.29, 0.717) is 30.0 Å². The zero-order valence-electron chi connectivity index (χ0n) is 17.1. The lowest BCUT2D eigenvalue weighted by atomic mass is 9.88. The van der Waals surface area contributed by atoms with Crippen molar-refractivity contribution in [3.8, 4) is 5.75 Å². The Labute approximate surface area is 177 Å². The van der Waals surface area contributed by atoms with Crippen LogP contribution in [0.3, 0.4) is 0 Å². The van der Waals surface area contributed by atoms with Crippen molar-refractivity contribution in [3.63, 3.8) is 0 Å². The van der Waals surface area contributed by atoms with Gasteiger partial charge in [-0.25, -0.2) is 0 Å². The lowest BCUT2D eigenvalue weighted by Crippen LogP contribution is -2.41. The maximum absolute atomic E-state index is 13.5. The summed E-state index contributed by atoms with van der Waals surface area (Å²) in [5, 5.41) is 11.8. The minimum absolute atomic E-state index is 0.337. The Morgan fingerprint density at radius 2 is 1.77 bits per heavy atom. The third kappa shape index (κ3) is 3.57. The van der Waals surface area contributed by atoms with E-state index in [4.69, 9.17) is 4.74 Å². The molecule has 2 heterocycles.